The Hall–Kier alpha value is -2.07. The van der Waals surface area contributed by atoms with Crippen LogP contribution in [0.15, 0.2) is 42.5 Å². The fourth-order valence-electron chi connectivity index (χ4n) is 2.27. The Labute approximate surface area is 117 Å². The van der Waals surface area contributed by atoms with Crippen molar-refractivity contribution in [2.24, 2.45) is 0 Å². The summed E-state index contributed by atoms with van der Waals surface area (Å²) in [4.78, 5) is 0. The zero-order chi connectivity index (χ0) is 14.8. The molecule has 0 aromatic heterocycles. The molecule has 0 fully saturated rings. The molecular weight excluding hydrogens is 259 g/mol. The Morgan fingerprint density at radius 2 is 1.55 bits per heavy atom. The van der Waals surface area contributed by atoms with Gasteiger partial charge < -0.3 is 14.6 Å². The molecule has 4 heteroatoms. The number of benzene rings is 2. The highest BCUT2D eigenvalue weighted by Gasteiger charge is 2.32. The number of hydrogen-bond donors (Lipinski definition) is 1. The molecule has 0 radical (unpaired) electrons. The largest absolute Gasteiger partial charge is 0.496 e. The Bertz CT molecular complexity index is 586. The monoisotopic (exact) mass is 276 g/mol. The summed E-state index contributed by atoms with van der Waals surface area (Å²) < 4.78 is 24.0. The molecule has 0 saturated heterocycles. The molecule has 2 aromatic carbocycles. The zero-order valence-electron chi connectivity index (χ0n) is 11.7. The first-order valence-corrected chi connectivity index (χ1v) is 6.20. The molecule has 0 aliphatic carbocycles. The van der Waals surface area contributed by atoms with E-state index in [4.69, 9.17) is 9.47 Å². The Morgan fingerprint density at radius 1 is 1.00 bits per heavy atom. The van der Waals surface area contributed by atoms with Crippen LogP contribution in [0.1, 0.15) is 18.1 Å². The number of methoxy groups -OCH3 is 2. The van der Waals surface area contributed by atoms with Gasteiger partial charge in [-0.25, -0.2) is 4.39 Å². The van der Waals surface area contributed by atoms with Crippen molar-refractivity contribution in [1.29, 1.82) is 0 Å². The van der Waals surface area contributed by atoms with Crippen LogP contribution >= 0.6 is 0 Å². The molecule has 0 aliphatic heterocycles. The van der Waals surface area contributed by atoms with Gasteiger partial charge in [0.05, 0.1) is 19.8 Å². The summed E-state index contributed by atoms with van der Waals surface area (Å²) in [5, 5.41) is 10.9. The van der Waals surface area contributed by atoms with Gasteiger partial charge in [-0.3, -0.25) is 0 Å². The van der Waals surface area contributed by atoms with Crippen LogP contribution in [0.4, 0.5) is 4.39 Å². The minimum Gasteiger partial charge on any atom is -0.496 e. The van der Waals surface area contributed by atoms with Gasteiger partial charge in [-0.2, -0.15) is 0 Å². The van der Waals surface area contributed by atoms with E-state index in [9.17, 15) is 9.50 Å². The standard InChI is InChI=1S/C16H17FO3/c1-16(18,11-6-4-7-12(17)10-11)15-13(19-2)8-5-9-14(15)20-3/h4-10,18H,1-3H3. The van der Waals surface area contributed by atoms with E-state index in [-0.39, 0.29) is 0 Å². The molecule has 2 rings (SSSR count). The third-order valence-electron chi connectivity index (χ3n) is 3.30. The fourth-order valence-corrected chi connectivity index (χ4v) is 2.27. The summed E-state index contributed by atoms with van der Waals surface area (Å²) in [5.41, 5.74) is -0.532. The van der Waals surface area contributed by atoms with E-state index < -0.39 is 11.4 Å². The van der Waals surface area contributed by atoms with E-state index in [0.717, 1.165) is 0 Å². The maximum atomic E-state index is 13.4. The smallest absolute Gasteiger partial charge is 0.129 e. The number of rotatable bonds is 4. The summed E-state index contributed by atoms with van der Waals surface area (Å²) in [5.74, 6) is 0.564. The molecule has 0 bridgehead atoms. The molecule has 1 unspecified atom stereocenters. The summed E-state index contributed by atoms with van der Waals surface area (Å²) >= 11 is 0. The predicted octanol–water partition coefficient (Wildman–Crippen LogP) is 3.10. The summed E-state index contributed by atoms with van der Waals surface area (Å²) in [7, 11) is 3.03. The second kappa shape index (κ2) is 5.51. The number of ether oxygens (including phenoxy) is 2. The third-order valence-corrected chi connectivity index (χ3v) is 3.30. The lowest BCUT2D eigenvalue weighted by Crippen LogP contribution is -2.24. The maximum absolute atomic E-state index is 13.4. The SMILES string of the molecule is COc1cccc(OC)c1C(C)(O)c1cccc(F)c1. The van der Waals surface area contributed by atoms with Gasteiger partial charge in [-0.05, 0) is 36.8 Å². The van der Waals surface area contributed by atoms with Crippen LogP contribution in [0.3, 0.4) is 0 Å². The van der Waals surface area contributed by atoms with E-state index in [1.54, 1.807) is 37.3 Å². The first-order chi connectivity index (χ1) is 9.50. The highest BCUT2D eigenvalue weighted by atomic mass is 19.1. The van der Waals surface area contributed by atoms with Crippen LogP contribution < -0.4 is 9.47 Å². The minimum atomic E-state index is -1.43. The van der Waals surface area contributed by atoms with Crippen molar-refractivity contribution in [3.63, 3.8) is 0 Å². The van der Waals surface area contributed by atoms with Crippen molar-refractivity contribution < 1.29 is 19.0 Å². The van der Waals surface area contributed by atoms with Crippen LogP contribution in [0.5, 0.6) is 11.5 Å². The summed E-state index contributed by atoms with van der Waals surface area (Å²) in [6.07, 6.45) is 0. The van der Waals surface area contributed by atoms with Gasteiger partial charge in [0.1, 0.15) is 22.9 Å². The lowest BCUT2D eigenvalue weighted by Gasteiger charge is -2.28. The Kier molecular flexibility index (Phi) is 3.95. The predicted molar refractivity (Wildman–Crippen MR) is 74.6 cm³/mol. The number of halogens is 1. The van der Waals surface area contributed by atoms with E-state index in [1.807, 2.05) is 0 Å². The molecule has 0 aliphatic rings. The lowest BCUT2D eigenvalue weighted by atomic mass is 9.87. The van der Waals surface area contributed by atoms with Gasteiger partial charge in [-0.15, -0.1) is 0 Å². The van der Waals surface area contributed by atoms with Gasteiger partial charge in [0.2, 0.25) is 0 Å². The van der Waals surface area contributed by atoms with Crippen LogP contribution in [-0.4, -0.2) is 19.3 Å². The van der Waals surface area contributed by atoms with Crippen LogP contribution in [0.25, 0.3) is 0 Å². The molecule has 20 heavy (non-hydrogen) atoms. The second-order valence-corrected chi connectivity index (χ2v) is 4.62. The van der Waals surface area contributed by atoms with Crippen molar-refractivity contribution in [3.05, 3.63) is 59.4 Å². The van der Waals surface area contributed by atoms with Crippen LogP contribution in [0, 0.1) is 5.82 Å². The topological polar surface area (TPSA) is 38.7 Å². The minimum absolute atomic E-state index is 0.406. The third kappa shape index (κ3) is 2.47. The highest BCUT2D eigenvalue weighted by Crippen LogP contribution is 2.41. The normalized spacial score (nSPS) is 13.7. The van der Waals surface area contributed by atoms with E-state index >= 15 is 0 Å². The molecule has 0 saturated carbocycles. The first-order valence-electron chi connectivity index (χ1n) is 6.20. The van der Waals surface area contributed by atoms with Gasteiger partial charge in [-0.1, -0.05) is 18.2 Å². The molecule has 0 amide bonds. The maximum Gasteiger partial charge on any atom is 0.129 e. The molecule has 3 nitrogen and oxygen atoms in total. The molecule has 0 spiro atoms. The molecule has 1 N–H and O–H groups in total. The van der Waals surface area contributed by atoms with Crippen LogP contribution in [0.2, 0.25) is 0 Å². The van der Waals surface area contributed by atoms with Crippen molar-refractivity contribution in [1.82, 2.24) is 0 Å². The highest BCUT2D eigenvalue weighted by molar-refractivity contribution is 5.52. The van der Waals surface area contributed by atoms with Gasteiger partial charge in [0.15, 0.2) is 0 Å². The van der Waals surface area contributed by atoms with E-state index in [1.165, 1.54) is 26.4 Å². The second-order valence-electron chi connectivity index (χ2n) is 4.62. The van der Waals surface area contributed by atoms with Crippen LogP contribution in [-0.2, 0) is 5.60 Å². The quantitative estimate of drug-likeness (QED) is 0.932. The van der Waals surface area contributed by atoms with Crippen molar-refractivity contribution in [2.45, 2.75) is 12.5 Å². The van der Waals surface area contributed by atoms with Crippen molar-refractivity contribution in [2.75, 3.05) is 14.2 Å². The Balaban J connectivity index is 2.64. The van der Waals surface area contributed by atoms with E-state index in [2.05, 4.69) is 0 Å². The Morgan fingerprint density at radius 3 is 2.05 bits per heavy atom. The first kappa shape index (κ1) is 14.3. The number of aliphatic hydroxyl groups is 1. The summed E-state index contributed by atoms with van der Waals surface area (Å²) in [6, 6.07) is 11.1. The zero-order valence-corrected chi connectivity index (χ0v) is 11.7. The molecule has 0 heterocycles. The average molecular weight is 276 g/mol. The average Bonchev–Trinajstić information content (AvgIpc) is 2.46. The molecular formula is C16H17FO3. The molecule has 2 aromatic rings. The van der Waals surface area contributed by atoms with Gasteiger partial charge in [0.25, 0.3) is 0 Å². The molecule has 1 atom stereocenters. The summed E-state index contributed by atoms with van der Waals surface area (Å²) in [6.45, 7) is 1.59. The number of hydrogen-bond acceptors (Lipinski definition) is 3. The van der Waals surface area contributed by atoms with Crippen molar-refractivity contribution >= 4 is 0 Å². The van der Waals surface area contributed by atoms with Gasteiger partial charge >= 0.3 is 0 Å². The van der Waals surface area contributed by atoms with Gasteiger partial charge in [0, 0.05) is 0 Å². The van der Waals surface area contributed by atoms with E-state index in [0.29, 0.717) is 22.6 Å². The van der Waals surface area contributed by atoms with Crippen molar-refractivity contribution in [3.8, 4) is 11.5 Å². The fraction of sp³-hybridized carbons (Fsp3) is 0.250. The molecule has 106 valence electrons. The lowest BCUT2D eigenvalue weighted by molar-refractivity contribution is 0.0952.